The van der Waals surface area contributed by atoms with Crippen LogP contribution in [-0.4, -0.2) is 14.9 Å². The molecule has 0 amide bonds. The first-order chi connectivity index (χ1) is 7.91. The van der Waals surface area contributed by atoms with Crippen LogP contribution in [0.15, 0.2) is 12.1 Å². The fourth-order valence-electron chi connectivity index (χ4n) is 1.64. The molecule has 0 unspecified atom stereocenters. The lowest BCUT2D eigenvalue weighted by molar-refractivity contribution is 0.475. The van der Waals surface area contributed by atoms with Gasteiger partial charge in [0.05, 0.1) is 21.4 Å². The van der Waals surface area contributed by atoms with Crippen molar-refractivity contribution in [2.75, 3.05) is 0 Å². The molecule has 1 aromatic carbocycles. The Bertz CT molecular complexity index is 591. The van der Waals surface area contributed by atoms with Crippen LogP contribution in [0.5, 0.6) is 5.75 Å². The van der Waals surface area contributed by atoms with Gasteiger partial charge in [-0.2, -0.15) is 5.10 Å². The van der Waals surface area contributed by atoms with Crippen LogP contribution in [0.1, 0.15) is 17.0 Å². The zero-order valence-electron chi connectivity index (χ0n) is 9.75. The molecule has 0 radical (unpaired) electrons. The van der Waals surface area contributed by atoms with Crippen molar-refractivity contribution in [2.45, 2.75) is 20.8 Å². The second-order valence-corrected chi connectivity index (χ2v) is 4.78. The molecule has 0 bridgehead atoms. The van der Waals surface area contributed by atoms with Crippen molar-refractivity contribution in [3.63, 3.8) is 0 Å². The number of nitrogens with zero attached hydrogens (tertiary/aromatic N) is 2. The van der Waals surface area contributed by atoms with Crippen molar-refractivity contribution in [3.8, 4) is 11.4 Å². The molecule has 1 heterocycles. The fourth-order valence-corrected chi connectivity index (χ4v) is 2.11. The zero-order chi connectivity index (χ0) is 12.7. The highest BCUT2D eigenvalue weighted by atomic mass is 35.5. The van der Waals surface area contributed by atoms with Gasteiger partial charge < -0.3 is 5.11 Å². The van der Waals surface area contributed by atoms with Crippen molar-refractivity contribution >= 4 is 23.2 Å². The Balaban J connectivity index is 2.68. The van der Waals surface area contributed by atoms with E-state index in [9.17, 15) is 5.11 Å². The molecule has 0 fully saturated rings. The van der Waals surface area contributed by atoms with Gasteiger partial charge in [-0.1, -0.05) is 23.2 Å². The number of hydrogen-bond donors (Lipinski definition) is 1. The Hall–Kier alpha value is -1.19. The third-order valence-corrected chi connectivity index (χ3v) is 3.50. The van der Waals surface area contributed by atoms with Crippen LogP contribution in [0.4, 0.5) is 0 Å². The van der Waals surface area contributed by atoms with Crippen molar-refractivity contribution in [1.29, 1.82) is 0 Å². The van der Waals surface area contributed by atoms with Crippen molar-refractivity contribution < 1.29 is 5.11 Å². The predicted molar refractivity (Wildman–Crippen MR) is 69.5 cm³/mol. The van der Waals surface area contributed by atoms with Gasteiger partial charge in [0.1, 0.15) is 5.75 Å². The smallest absolute Gasteiger partial charge is 0.136 e. The molecule has 0 saturated heterocycles. The van der Waals surface area contributed by atoms with Gasteiger partial charge in [0.15, 0.2) is 0 Å². The summed E-state index contributed by atoms with van der Waals surface area (Å²) in [4.78, 5) is 0. The third-order valence-electron chi connectivity index (χ3n) is 2.90. The van der Waals surface area contributed by atoms with E-state index in [1.54, 1.807) is 4.68 Å². The lowest BCUT2D eigenvalue weighted by atomic mass is 10.2. The molecule has 90 valence electrons. The van der Waals surface area contributed by atoms with E-state index in [1.165, 1.54) is 12.1 Å². The van der Waals surface area contributed by atoms with Gasteiger partial charge in [-0.3, -0.25) is 0 Å². The number of halogens is 2. The maximum Gasteiger partial charge on any atom is 0.136 e. The van der Waals surface area contributed by atoms with E-state index in [1.807, 2.05) is 20.8 Å². The Morgan fingerprint density at radius 1 is 1.12 bits per heavy atom. The van der Waals surface area contributed by atoms with Crippen molar-refractivity contribution in [3.05, 3.63) is 39.1 Å². The number of aromatic hydroxyl groups is 1. The molecule has 0 aliphatic rings. The van der Waals surface area contributed by atoms with Gasteiger partial charge in [0.25, 0.3) is 0 Å². The molecule has 1 N–H and O–H groups in total. The average Bonchev–Trinajstić information content (AvgIpc) is 2.51. The minimum atomic E-state index is -0.00345. The van der Waals surface area contributed by atoms with Crippen molar-refractivity contribution in [1.82, 2.24) is 9.78 Å². The minimum Gasteiger partial charge on any atom is -0.506 e. The molecule has 0 spiro atoms. The quantitative estimate of drug-likeness (QED) is 0.856. The highest BCUT2D eigenvalue weighted by Gasteiger charge is 2.13. The Morgan fingerprint density at radius 2 is 1.76 bits per heavy atom. The van der Waals surface area contributed by atoms with E-state index >= 15 is 0 Å². The molecule has 1 aromatic heterocycles. The van der Waals surface area contributed by atoms with E-state index in [4.69, 9.17) is 23.2 Å². The summed E-state index contributed by atoms with van der Waals surface area (Å²) in [6.45, 7) is 5.89. The molecule has 3 nitrogen and oxygen atoms in total. The summed E-state index contributed by atoms with van der Waals surface area (Å²) in [6, 6.07) is 3.03. The number of phenolic OH excluding ortho intramolecular Hbond substituents is 1. The second kappa shape index (κ2) is 4.24. The lowest BCUT2D eigenvalue weighted by Gasteiger charge is -2.08. The van der Waals surface area contributed by atoms with E-state index in [2.05, 4.69) is 5.10 Å². The monoisotopic (exact) mass is 270 g/mol. The molecule has 5 heteroatoms. The van der Waals surface area contributed by atoms with Gasteiger partial charge in [0, 0.05) is 11.8 Å². The van der Waals surface area contributed by atoms with Crippen LogP contribution >= 0.6 is 23.2 Å². The van der Waals surface area contributed by atoms with Gasteiger partial charge in [-0.25, -0.2) is 4.68 Å². The Labute approximate surface area is 110 Å². The molecule has 0 aliphatic heterocycles. The predicted octanol–water partition coefficient (Wildman–Crippen LogP) is 3.81. The summed E-state index contributed by atoms with van der Waals surface area (Å²) in [6.07, 6.45) is 0. The SMILES string of the molecule is Cc1nn(-c2cc(O)c(Cl)cc2Cl)c(C)c1C. The largest absolute Gasteiger partial charge is 0.506 e. The number of rotatable bonds is 1. The first-order valence-corrected chi connectivity index (χ1v) is 5.88. The van der Waals surface area contributed by atoms with Crippen LogP contribution in [0.25, 0.3) is 5.69 Å². The first-order valence-electron chi connectivity index (χ1n) is 5.13. The summed E-state index contributed by atoms with van der Waals surface area (Å²) in [7, 11) is 0. The summed E-state index contributed by atoms with van der Waals surface area (Å²) in [5.41, 5.74) is 3.66. The summed E-state index contributed by atoms with van der Waals surface area (Å²) in [5, 5.41) is 14.7. The lowest BCUT2D eigenvalue weighted by Crippen LogP contribution is -2.00. The Morgan fingerprint density at radius 3 is 2.29 bits per heavy atom. The van der Waals surface area contributed by atoms with E-state index in [0.29, 0.717) is 10.7 Å². The number of aryl methyl sites for hydroxylation is 1. The van der Waals surface area contributed by atoms with Crippen LogP contribution in [0.2, 0.25) is 10.0 Å². The summed E-state index contributed by atoms with van der Waals surface area (Å²) >= 11 is 11.9. The average molecular weight is 271 g/mol. The van der Waals surface area contributed by atoms with Crippen LogP contribution < -0.4 is 0 Å². The summed E-state index contributed by atoms with van der Waals surface area (Å²) < 4.78 is 1.71. The number of benzene rings is 1. The molecule has 17 heavy (non-hydrogen) atoms. The molecular formula is C12H12Cl2N2O. The van der Waals surface area contributed by atoms with Crippen LogP contribution in [0, 0.1) is 20.8 Å². The highest BCUT2D eigenvalue weighted by Crippen LogP contribution is 2.33. The maximum atomic E-state index is 9.62. The van der Waals surface area contributed by atoms with E-state index in [-0.39, 0.29) is 10.8 Å². The topological polar surface area (TPSA) is 38.0 Å². The van der Waals surface area contributed by atoms with E-state index < -0.39 is 0 Å². The second-order valence-electron chi connectivity index (χ2n) is 3.96. The van der Waals surface area contributed by atoms with E-state index in [0.717, 1.165) is 17.0 Å². The van der Waals surface area contributed by atoms with Gasteiger partial charge in [-0.05, 0) is 32.4 Å². The minimum absolute atomic E-state index is 0.00345. The third kappa shape index (κ3) is 2.01. The van der Waals surface area contributed by atoms with Crippen molar-refractivity contribution in [2.24, 2.45) is 0 Å². The molecule has 0 saturated carbocycles. The normalized spacial score (nSPS) is 10.9. The highest BCUT2D eigenvalue weighted by molar-refractivity contribution is 6.36. The van der Waals surface area contributed by atoms with Gasteiger partial charge >= 0.3 is 0 Å². The maximum absolute atomic E-state index is 9.62. The van der Waals surface area contributed by atoms with Gasteiger partial charge in [-0.15, -0.1) is 0 Å². The molecule has 0 atom stereocenters. The molecule has 2 rings (SSSR count). The summed E-state index contributed by atoms with van der Waals surface area (Å²) in [5.74, 6) is -0.00345. The number of hydrogen-bond acceptors (Lipinski definition) is 2. The van der Waals surface area contributed by atoms with Crippen LogP contribution in [-0.2, 0) is 0 Å². The zero-order valence-corrected chi connectivity index (χ0v) is 11.3. The molecule has 0 aliphatic carbocycles. The fraction of sp³-hybridized carbons (Fsp3) is 0.250. The first kappa shape index (κ1) is 12.3. The van der Waals surface area contributed by atoms with Gasteiger partial charge in [0.2, 0.25) is 0 Å². The van der Waals surface area contributed by atoms with Crippen LogP contribution in [0.3, 0.4) is 0 Å². The standard InChI is InChI=1S/C12H12Cl2N2O/c1-6-7(2)15-16(8(6)3)11-5-12(17)10(14)4-9(11)13/h4-5,17H,1-3H3. The number of aromatic nitrogens is 2. The Kier molecular flexibility index (Phi) is 3.06. The number of phenols is 1. The molecule has 2 aromatic rings. The molecular weight excluding hydrogens is 259 g/mol.